The van der Waals surface area contributed by atoms with Gasteiger partial charge < -0.3 is 9.80 Å². The Bertz CT molecular complexity index is 2920. The average Bonchev–Trinajstić information content (AvgIpc) is 4.04. The fraction of sp³-hybridized carbons (Fsp3) is 0.115. The number of benzene rings is 6. The van der Waals surface area contributed by atoms with Crippen molar-refractivity contribution in [1.29, 1.82) is 0 Å². The second kappa shape index (κ2) is 13.8. The molecule has 3 aliphatic rings. The third kappa shape index (κ3) is 6.05. The zero-order valence-corrected chi connectivity index (χ0v) is 36.4. The topological polar surface area (TPSA) is 65.3 Å². The van der Waals surface area contributed by atoms with E-state index >= 15 is 0 Å². The molecule has 0 bridgehead atoms. The second-order valence-electron chi connectivity index (χ2n) is 16.7. The van der Waals surface area contributed by atoms with Gasteiger partial charge >= 0.3 is 10.2 Å². The summed E-state index contributed by atoms with van der Waals surface area (Å²) in [4.78, 5) is 8.23. The molecule has 0 saturated carbocycles. The number of fused-ring (bicyclic) bond motifs is 4. The number of para-hydroxylation sites is 4. The zero-order chi connectivity index (χ0) is 41.7. The van der Waals surface area contributed by atoms with E-state index in [9.17, 15) is 8.42 Å². The summed E-state index contributed by atoms with van der Waals surface area (Å²) < 4.78 is 34.3. The molecular weight excluding hydrogens is 809 g/mol. The summed E-state index contributed by atoms with van der Waals surface area (Å²) in [5.74, 6) is 0. The van der Waals surface area contributed by atoms with E-state index < -0.39 is 10.2 Å². The maximum atomic E-state index is 13.0. The van der Waals surface area contributed by atoms with Gasteiger partial charge in [0.1, 0.15) is 11.4 Å². The summed E-state index contributed by atoms with van der Waals surface area (Å²) in [6.07, 6.45) is 0. The van der Waals surface area contributed by atoms with Crippen molar-refractivity contribution in [2.24, 2.45) is 8.80 Å². The average molecular weight is 849 g/mol. The van der Waals surface area contributed by atoms with Crippen LogP contribution in [0.25, 0.3) is 20.9 Å². The van der Waals surface area contributed by atoms with Gasteiger partial charge in [-0.15, -0.1) is 31.5 Å². The van der Waals surface area contributed by atoms with Crippen molar-refractivity contribution in [2.75, 3.05) is 9.80 Å². The Kier molecular flexibility index (Phi) is 8.52. The molecule has 9 heteroatoms. The fourth-order valence-electron chi connectivity index (χ4n) is 9.35. The Hall–Kier alpha value is -6.39. The number of anilines is 6. The number of thiophene rings is 2. The monoisotopic (exact) mass is 848 g/mol. The van der Waals surface area contributed by atoms with Gasteiger partial charge in [0.2, 0.25) is 0 Å². The molecule has 0 fully saturated rings. The molecule has 0 radical (unpaired) electrons. The highest BCUT2D eigenvalue weighted by atomic mass is 32.2. The maximum Gasteiger partial charge on any atom is 0.364 e. The van der Waals surface area contributed by atoms with Gasteiger partial charge in [0.25, 0.3) is 0 Å². The predicted octanol–water partition coefficient (Wildman–Crippen LogP) is 13.9. The summed E-state index contributed by atoms with van der Waals surface area (Å²) in [5, 5.41) is 0. The molecular formula is C52H40N4O2S3. The first-order valence-corrected chi connectivity index (χ1v) is 23.4. The minimum absolute atomic E-state index is 0.126. The van der Waals surface area contributed by atoms with E-state index in [-0.39, 0.29) is 10.8 Å². The van der Waals surface area contributed by atoms with Crippen LogP contribution in [0.4, 0.5) is 34.1 Å². The summed E-state index contributed by atoms with van der Waals surface area (Å²) in [7, 11) is -4.02. The van der Waals surface area contributed by atoms with Crippen LogP contribution in [0, 0.1) is 0 Å². The molecule has 0 aliphatic carbocycles. The molecule has 0 spiro atoms. The van der Waals surface area contributed by atoms with Crippen molar-refractivity contribution in [3.8, 4) is 20.9 Å². The summed E-state index contributed by atoms with van der Waals surface area (Å²) in [5.41, 5.74) is 14.6. The van der Waals surface area contributed by atoms with Crippen LogP contribution in [0.5, 0.6) is 0 Å². The van der Waals surface area contributed by atoms with Gasteiger partial charge in [0.05, 0.1) is 32.5 Å². The Morgan fingerprint density at radius 3 is 1.02 bits per heavy atom. The van der Waals surface area contributed by atoms with Crippen LogP contribution in [0.1, 0.15) is 59.7 Å². The second-order valence-corrected chi connectivity index (χ2v) is 20.2. The molecule has 8 aromatic rings. The van der Waals surface area contributed by atoms with Crippen LogP contribution in [0.15, 0.2) is 179 Å². The van der Waals surface area contributed by atoms with Crippen LogP contribution in [0.3, 0.4) is 0 Å². The lowest BCUT2D eigenvalue weighted by atomic mass is 9.73. The van der Waals surface area contributed by atoms with E-state index in [4.69, 9.17) is 0 Å². The van der Waals surface area contributed by atoms with Gasteiger partial charge in [-0.2, -0.15) is 8.42 Å². The minimum Gasteiger partial charge on any atom is -0.310 e. The first-order valence-electron chi connectivity index (χ1n) is 20.3. The lowest BCUT2D eigenvalue weighted by molar-refractivity contribution is 0.601. The summed E-state index contributed by atoms with van der Waals surface area (Å²) in [6, 6.07) is 59.8. The van der Waals surface area contributed by atoms with Gasteiger partial charge in [-0.25, -0.2) is 0 Å². The normalized spacial score (nSPS) is 16.5. The van der Waals surface area contributed by atoms with Gasteiger partial charge in [-0.1, -0.05) is 125 Å². The third-order valence-corrected chi connectivity index (χ3v) is 15.5. The lowest BCUT2D eigenvalue weighted by Gasteiger charge is -2.42. The molecule has 0 amide bonds. The molecule has 6 aromatic carbocycles. The van der Waals surface area contributed by atoms with Crippen molar-refractivity contribution in [3.05, 3.63) is 202 Å². The Balaban J connectivity index is 0.864. The standard InChI is InChI=1S/C52H40N4O2S3/c1-51(2)37-13-5-9-17-41(37)55(42-18-10-6-14-38(42)51)35-25-21-33(22-26-35)45-29-31-47(59-45)49-50(54-61(57,58)53-49)48-32-30-46(60-48)34-23-27-36(28-24-34)56-43-19-11-7-15-39(43)52(3,4)40-16-8-12-20-44(40)56/h5-32H,1-4H3. The molecule has 5 heterocycles. The van der Waals surface area contributed by atoms with Crippen LogP contribution >= 0.6 is 22.7 Å². The Morgan fingerprint density at radius 2 is 0.689 bits per heavy atom. The predicted molar refractivity (Wildman–Crippen MR) is 255 cm³/mol. The smallest absolute Gasteiger partial charge is 0.310 e. The number of nitrogens with zero attached hydrogens (tertiary/aromatic N) is 4. The van der Waals surface area contributed by atoms with Crippen LogP contribution in [-0.2, 0) is 21.0 Å². The van der Waals surface area contributed by atoms with E-state index in [0.717, 1.165) is 42.0 Å². The molecule has 298 valence electrons. The Morgan fingerprint density at radius 1 is 0.393 bits per heavy atom. The molecule has 11 rings (SSSR count). The number of hydrogen-bond donors (Lipinski definition) is 0. The van der Waals surface area contributed by atoms with E-state index in [1.165, 1.54) is 67.7 Å². The molecule has 3 aliphatic heterocycles. The first-order chi connectivity index (χ1) is 29.5. The van der Waals surface area contributed by atoms with E-state index in [1.54, 1.807) is 0 Å². The van der Waals surface area contributed by atoms with Gasteiger partial charge in [0.15, 0.2) is 0 Å². The SMILES string of the molecule is CC1(C)c2ccccc2N(c2ccc(-c3ccc(C4=NS(=O)(=O)N=C4c4ccc(-c5ccc(N6c7ccccc7C(C)(C)c7ccccc76)cc5)s4)s3)cc2)c2ccccc21. The van der Waals surface area contributed by atoms with E-state index in [1.807, 2.05) is 24.3 Å². The van der Waals surface area contributed by atoms with Crippen LogP contribution in [0.2, 0.25) is 0 Å². The molecule has 61 heavy (non-hydrogen) atoms. The molecule has 6 nitrogen and oxygen atoms in total. The van der Waals surface area contributed by atoms with Crippen molar-refractivity contribution in [2.45, 2.75) is 38.5 Å². The number of rotatable bonds is 6. The van der Waals surface area contributed by atoms with E-state index in [0.29, 0.717) is 11.4 Å². The van der Waals surface area contributed by atoms with Gasteiger partial charge in [-0.3, -0.25) is 0 Å². The minimum atomic E-state index is -4.02. The summed E-state index contributed by atoms with van der Waals surface area (Å²) in [6.45, 7) is 9.17. The molecule has 0 atom stereocenters. The van der Waals surface area contributed by atoms with Crippen molar-refractivity contribution in [1.82, 2.24) is 0 Å². The molecule has 2 aromatic heterocycles. The van der Waals surface area contributed by atoms with Gasteiger partial charge in [0, 0.05) is 32.0 Å². The first kappa shape index (κ1) is 37.6. The van der Waals surface area contributed by atoms with Crippen LogP contribution in [-0.4, -0.2) is 19.8 Å². The highest BCUT2D eigenvalue weighted by Gasteiger charge is 2.38. The molecule has 0 unspecified atom stereocenters. The van der Waals surface area contributed by atoms with Crippen molar-refractivity contribution in [3.63, 3.8) is 0 Å². The highest BCUT2D eigenvalue weighted by molar-refractivity contribution is 7.89. The summed E-state index contributed by atoms with van der Waals surface area (Å²) >= 11 is 3.04. The third-order valence-electron chi connectivity index (χ3n) is 12.4. The van der Waals surface area contributed by atoms with E-state index in [2.05, 4.69) is 192 Å². The quantitative estimate of drug-likeness (QED) is 0.167. The zero-order valence-electron chi connectivity index (χ0n) is 34.0. The Labute approximate surface area is 364 Å². The highest BCUT2D eigenvalue weighted by Crippen LogP contribution is 2.53. The van der Waals surface area contributed by atoms with Gasteiger partial charge in [-0.05, 0) is 106 Å². The number of hydrogen-bond acceptors (Lipinski definition) is 6. The van der Waals surface area contributed by atoms with Crippen molar-refractivity contribution < 1.29 is 8.42 Å². The fourth-order valence-corrected chi connectivity index (χ4v) is 12.3. The molecule has 0 N–H and O–H groups in total. The largest absolute Gasteiger partial charge is 0.364 e. The molecule has 0 saturated heterocycles. The maximum absolute atomic E-state index is 13.0. The lowest BCUT2D eigenvalue weighted by Crippen LogP contribution is -2.30. The van der Waals surface area contributed by atoms with Crippen LogP contribution < -0.4 is 9.80 Å². The van der Waals surface area contributed by atoms with Crippen molar-refractivity contribution >= 4 is 78.4 Å².